The summed E-state index contributed by atoms with van der Waals surface area (Å²) in [5.41, 5.74) is 5.78. The van der Waals surface area contributed by atoms with Crippen molar-refractivity contribution in [3.8, 4) is 0 Å². The van der Waals surface area contributed by atoms with Crippen LogP contribution in [0.2, 0.25) is 0 Å². The van der Waals surface area contributed by atoms with Gasteiger partial charge in [0, 0.05) is 26.3 Å². The number of hydrogen-bond acceptors (Lipinski definition) is 4. The molecule has 15 heavy (non-hydrogen) atoms. The van der Waals surface area contributed by atoms with E-state index in [0.29, 0.717) is 25.3 Å². The Balaban J connectivity index is 2.64. The summed E-state index contributed by atoms with van der Waals surface area (Å²) < 4.78 is 4.94. The van der Waals surface area contributed by atoms with E-state index in [4.69, 9.17) is 10.5 Å². The van der Waals surface area contributed by atoms with E-state index in [1.807, 2.05) is 12.1 Å². The summed E-state index contributed by atoms with van der Waals surface area (Å²) in [6.45, 7) is 2.31. The molecule has 84 valence electrons. The van der Waals surface area contributed by atoms with Crippen LogP contribution in [0.5, 0.6) is 0 Å². The fourth-order valence-corrected chi connectivity index (χ4v) is 1.42. The first-order chi connectivity index (χ1) is 7.05. The summed E-state index contributed by atoms with van der Waals surface area (Å²) in [7, 11) is 1.62. The molecule has 1 rings (SSSR count). The molecule has 4 heteroatoms. The lowest BCUT2D eigenvalue weighted by Crippen LogP contribution is -2.29. The molecule has 0 radical (unpaired) electrons. The van der Waals surface area contributed by atoms with Crippen molar-refractivity contribution in [2.75, 3.05) is 19.5 Å². The molecular weight excluding hydrogens is 192 g/mol. The average molecular weight is 210 g/mol. The number of ether oxygens (including phenoxy) is 1. The zero-order chi connectivity index (χ0) is 11.3. The number of methoxy groups -OCH3 is 1. The van der Waals surface area contributed by atoms with Gasteiger partial charge in [0.2, 0.25) is 0 Å². The second kappa shape index (κ2) is 5.09. The fraction of sp³-hybridized carbons (Fsp3) is 0.545. The van der Waals surface area contributed by atoms with Gasteiger partial charge in [0.15, 0.2) is 0 Å². The van der Waals surface area contributed by atoms with Crippen molar-refractivity contribution in [3.05, 3.63) is 23.9 Å². The topological polar surface area (TPSA) is 68.4 Å². The van der Waals surface area contributed by atoms with Crippen LogP contribution in [0.1, 0.15) is 18.9 Å². The predicted octanol–water partition coefficient (Wildman–Crippen LogP) is 0.994. The Morgan fingerprint density at radius 1 is 1.60 bits per heavy atom. The van der Waals surface area contributed by atoms with Crippen molar-refractivity contribution in [3.63, 3.8) is 0 Å². The Hall–Kier alpha value is -1.13. The standard InChI is InChI=1S/C11H18N2O2/c1-11(14,5-7-15-2)8-9-4-3-6-13-10(9)12/h3-4,6,14H,5,7-8H2,1-2H3,(H2,12,13). The van der Waals surface area contributed by atoms with Crippen molar-refractivity contribution >= 4 is 5.82 Å². The van der Waals surface area contributed by atoms with Crippen molar-refractivity contribution in [2.24, 2.45) is 0 Å². The molecule has 0 amide bonds. The van der Waals surface area contributed by atoms with E-state index in [9.17, 15) is 5.11 Å². The molecule has 0 bridgehead atoms. The number of aliphatic hydroxyl groups is 1. The predicted molar refractivity (Wildman–Crippen MR) is 59.5 cm³/mol. The van der Waals surface area contributed by atoms with E-state index in [-0.39, 0.29) is 0 Å². The lowest BCUT2D eigenvalue weighted by atomic mass is 9.94. The zero-order valence-corrected chi connectivity index (χ0v) is 9.23. The summed E-state index contributed by atoms with van der Waals surface area (Å²) in [5.74, 6) is 0.482. The van der Waals surface area contributed by atoms with Gasteiger partial charge in [0.25, 0.3) is 0 Å². The highest BCUT2D eigenvalue weighted by Crippen LogP contribution is 2.19. The van der Waals surface area contributed by atoms with E-state index < -0.39 is 5.60 Å². The second-order valence-corrected chi connectivity index (χ2v) is 3.96. The molecular formula is C11H18N2O2. The lowest BCUT2D eigenvalue weighted by Gasteiger charge is -2.23. The molecule has 1 aromatic heterocycles. The molecule has 0 aromatic carbocycles. The van der Waals surface area contributed by atoms with E-state index in [2.05, 4.69) is 4.98 Å². The third-order valence-corrected chi connectivity index (χ3v) is 2.34. The number of pyridine rings is 1. The summed E-state index contributed by atoms with van der Waals surface area (Å²) in [6.07, 6.45) is 2.72. The molecule has 0 saturated carbocycles. The highest BCUT2D eigenvalue weighted by atomic mass is 16.5. The fourth-order valence-electron chi connectivity index (χ4n) is 1.42. The Bertz CT molecular complexity index is 313. The van der Waals surface area contributed by atoms with Gasteiger partial charge >= 0.3 is 0 Å². The molecule has 1 heterocycles. The summed E-state index contributed by atoms with van der Waals surface area (Å²) in [6, 6.07) is 3.70. The Morgan fingerprint density at radius 2 is 2.33 bits per heavy atom. The van der Waals surface area contributed by atoms with Gasteiger partial charge in [-0.3, -0.25) is 0 Å². The van der Waals surface area contributed by atoms with E-state index in [1.165, 1.54) is 0 Å². The Kier molecular flexibility index (Phi) is 4.05. The van der Waals surface area contributed by atoms with Gasteiger partial charge in [-0.25, -0.2) is 4.98 Å². The van der Waals surface area contributed by atoms with Crippen LogP contribution in [-0.4, -0.2) is 29.4 Å². The van der Waals surface area contributed by atoms with Gasteiger partial charge < -0.3 is 15.6 Å². The van der Waals surface area contributed by atoms with Crippen LogP contribution in [0, 0.1) is 0 Å². The molecule has 4 nitrogen and oxygen atoms in total. The van der Waals surface area contributed by atoms with Crippen LogP contribution in [0.25, 0.3) is 0 Å². The molecule has 3 N–H and O–H groups in total. The Morgan fingerprint density at radius 3 is 2.93 bits per heavy atom. The third kappa shape index (κ3) is 3.85. The molecule has 0 fully saturated rings. The van der Waals surface area contributed by atoms with Crippen LogP contribution in [-0.2, 0) is 11.2 Å². The molecule has 0 aliphatic rings. The SMILES string of the molecule is COCCC(C)(O)Cc1cccnc1N. The average Bonchev–Trinajstić information content (AvgIpc) is 2.18. The van der Waals surface area contributed by atoms with Gasteiger partial charge in [-0.15, -0.1) is 0 Å². The maximum Gasteiger partial charge on any atom is 0.126 e. The van der Waals surface area contributed by atoms with Crippen molar-refractivity contribution < 1.29 is 9.84 Å². The zero-order valence-electron chi connectivity index (χ0n) is 9.23. The van der Waals surface area contributed by atoms with Crippen molar-refractivity contribution in [1.29, 1.82) is 0 Å². The number of nitrogen functional groups attached to an aromatic ring is 1. The quantitative estimate of drug-likeness (QED) is 0.760. The number of rotatable bonds is 5. The first-order valence-electron chi connectivity index (χ1n) is 4.96. The van der Waals surface area contributed by atoms with Crippen LogP contribution < -0.4 is 5.73 Å². The monoisotopic (exact) mass is 210 g/mol. The number of nitrogens with zero attached hydrogens (tertiary/aromatic N) is 1. The van der Waals surface area contributed by atoms with Crippen molar-refractivity contribution in [1.82, 2.24) is 4.98 Å². The van der Waals surface area contributed by atoms with Gasteiger partial charge in [0.05, 0.1) is 5.60 Å². The maximum atomic E-state index is 10.1. The normalized spacial score (nSPS) is 14.9. The molecule has 1 atom stereocenters. The number of aromatic nitrogens is 1. The molecule has 0 aliphatic carbocycles. The second-order valence-electron chi connectivity index (χ2n) is 3.96. The Labute approximate surface area is 90.1 Å². The smallest absolute Gasteiger partial charge is 0.126 e. The van der Waals surface area contributed by atoms with E-state index >= 15 is 0 Å². The summed E-state index contributed by atoms with van der Waals surface area (Å²) >= 11 is 0. The number of nitrogens with two attached hydrogens (primary N) is 1. The minimum atomic E-state index is -0.798. The van der Waals surface area contributed by atoms with Crippen LogP contribution in [0.4, 0.5) is 5.82 Å². The summed E-state index contributed by atoms with van der Waals surface area (Å²) in [4.78, 5) is 3.98. The van der Waals surface area contributed by atoms with Crippen LogP contribution in [0.3, 0.4) is 0 Å². The van der Waals surface area contributed by atoms with Gasteiger partial charge in [0.1, 0.15) is 5.82 Å². The first kappa shape index (κ1) is 11.9. The number of hydrogen-bond donors (Lipinski definition) is 2. The minimum Gasteiger partial charge on any atom is -0.390 e. The van der Waals surface area contributed by atoms with Gasteiger partial charge in [-0.05, 0) is 25.0 Å². The van der Waals surface area contributed by atoms with Gasteiger partial charge in [-0.2, -0.15) is 0 Å². The van der Waals surface area contributed by atoms with E-state index in [1.54, 1.807) is 20.2 Å². The molecule has 0 spiro atoms. The van der Waals surface area contributed by atoms with E-state index in [0.717, 1.165) is 5.56 Å². The first-order valence-corrected chi connectivity index (χ1v) is 4.96. The molecule has 1 unspecified atom stereocenters. The lowest BCUT2D eigenvalue weighted by molar-refractivity contribution is 0.0250. The molecule has 0 saturated heterocycles. The minimum absolute atomic E-state index is 0.482. The largest absolute Gasteiger partial charge is 0.390 e. The molecule has 1 aromatic rings. The maximum absolute atomic E-state index is 10.1. The van der Waals surface area contributed by atoms with Crippen LogP contribution >= 0.6 is 0 Å². The number of anilines is 1. The summed E-state index contributed by atoms with van der Waals surface area (Å²) in [5, 5.41) is 10.1. The third-order valence-electron chi connectivity index (χ3n) is 2.34. The highest BCUT2D eigenvalue weighted by molar-refractivity contribution is 5.39. The molecule has 0 aliphatic heterocycles. The van der Waals surface area contributed by atoms with Gasteiger partial charge in [-0.1, -0.05) is 6.07 Å². The highest BCUT2D eigenvalue weighted by Gasteiger charge is 2.21. The van der Waals surface area contributed by atoms with Crippen molar-refractivity contribution in [2.45, 2.75) is 25.4 Å². The van der Waals surface area contributed by atoms with Crippen LogP contribution in [0.15, 0.2) is 18.3 Å².